The van der Waals surface area contributed by atoms with Crippen LogP contribution < -0.4 is 16.0 Å². The van der Waals surface area contributed by atoms with Crippen molar-refractivity contribution in [3.8, 4) is 0 Å². The Morgan fingerprint density at radius 2 is 1.45 bits per heavy atom. The fourth-order valence-electron chi connectivity index (χ4n) is 5.14. The van der Waals surface area contributed by atoms with Crippen molar-refractivity contribution in [2.75, 3.05) is 10.1 Å². The van der Waals surface area contributed by atoms with Gasteiger partial charge in [0.05, 0.1) is 17.4 Å². The fourth-order valence-corrected chi connectivity index (χ4v) is 5.14. The van der Waals surface area contributed by atoms with E-state index in [0.29, 0.717) is 6.42 Å². The lowest BCUT2D eigenvalue weighted by molar-refractivity contribution is -0.118. The molecule has 1 saturated heterocycles. The average Bonchev–Trinajstić information content (AvgIpc) is 3.06. The van der Waals surface area contributed by atoms with Crippen molar-refractivity contribution in [3.05, 3.63) is 58.7 Å². The van der Waals surface area contributed by atoms with Crippen LogP contribution in [0, 0.1) is 0 Å². The molecule has 1 unspecified atom stereocenters. The summed E-state index contributed by atoms with van der Waals surface area (Å²) in [4.78, 5) is 12.9. The van der Waals surface area contributed by atoms with Crippen molar-refractivity contribution in [2.24, 2.45) is 5.84 Å². The highest BCUT2D eigenvalue weighted by Crippen LogP contribution is 2.34. The van der Waals surface area contributed by atoms with E-state index >= 15 is 0 Å². The summed E-state index contributed by atoms with van der Waals surface area (Å²) in [6.07, 6.45) is 9.95. The highest BCUT2D eigenvalue weighted by Gasteiger charge is 2.40. The molecule has 29 heavy (non-hydrogen) atoms. The number of fused-ring (bicyclic) bond motifs is 2. The molecular formula is C24H30N4O. The highest BCUT2D eigenvalue weighted by atomic mass is 16.2. The molecule has 152 valence electrons. The van der Waals surface area contributed by atoms with Crippen LogP contribution in [-0.4, -0.2) is 17.1 Å². The van der Waals surface area contributed by atoms with Crippen LogP contribution in [0.25, 0.3) is 0 Å². The number of nitrogens with two attached hydrogens (primary N) is 1. The third-order valence-electron chi connectivity index (χ3n) is 6.70. The molecule has 1 atom stereocenters. The van der Waals surface area contributed by atoms with E-state index in [9.17, 15) is 4.79 Å². The second-order valence-corrected chi connectivity index (χ2v) is 8.74. The van der Waals surface area contributed by atoms with E-state index in [2.05, 4.69) is 43.3 Å². The molecule has 0 aromatic heterocycles. The Labute approximate surface area is 173 Å². The van der Waals surface area contributed by atoms with Crippen molar-refractivity contribution < 1.29 is 4.79 Å². The Balaban J connectivity index is 1.48. The number of aryl methyl sites for hydroxylation is 4. The maximum absolute atomic E-state index is 12.9. The first-order valence-electron chi connectivity index (χ1n) is 11.0. The third-order valence-corrected chi connectivity index (χ3v) is 6.70. The number of rotatable bonds is 3. The number of hydrazine groups is 3. The van der Waals surface area contributed by atoms with Crippen LogP contribution in [0.2, 0.25) is 0 Å². The van der Waals surface area contributed by atoms with Gasteiger partial charge >= 0.3 is 0 Å². The lowest BCUT2D eigenvalue weighted by atomic mass is 9.91. The topological polar surface area (TPSA) is 52.8 Å². The first-order chi connectivity index (χ1) is 14.1. The van der Waals surface area contributed by atoms with E-state index in [1.54, 1.807) is 10.1 Å². The zero-order valence-electron chi connectivity index (χ0n) is 17.2. The van der Waals surface area contributed by atoms with Crippen LogP contribution in [0.4, 0.5) is 11.4 Å². The fraction of sp³-hybridized carbons (Fsp3) is 0.458. The minimum atomic E-state index is 0.0135. The van der Waals surface area contributed by atoms with Crippen LogP contribution in [0.5, 0.6) is 0 Å². The molecule has 1 aliphatic heterocycles. The molecule has 2 aliphatic carbocycles. The minimum absolute atomic E-state index is 0.0135. The lowest BCUT2D eigenvalue weighted by Gasteiger charge is -2.38. The van der Waals surface area contributed by atoms with Crippen LogP contribution in [0.15, 0.2) is 36.4 Å². The Kier molecular flexibility index (Phi) is 4.80. The summed E-state index contributed by atoms with van der Waals surface area (Å²) in [6.45, 7) is 2.06. The van der Waals surface area contributed by atoms with Crippen molar-refractivity contribution in [3.63, 3.8) is 0 Å². The molecule has 2 aromatic rings. The van der Waals surface area contributed by atoms with Gasteiger partial charge in [-0.1, -0.05) is 12.1 Å². The summed E-state index contributed by atoms with van der Waals surface area (Å²) in [6, 6.07) is 13.0. The molecule has 5 rings (SSSR count). The van der Waals surface area contributed by atoms with E-state index in [0.717, 1.165) is 37.1 Å². The van der Waals surface area contributed by atoms with E-state index < -0.39 is 0 Å². The predicted octanol–water partition coefficient (Wildman–Crippen LogP) is 4.08. The van der Waals surface area contributed by atoms with Gasteiger partial charge in [-0.05, 0) is 105 Å². The van der Waals surface area contributed by atoms with Gasteiger partial charge in [0.15, 0.2) is 0 Å². The molecule has 2 aromatic carbocycles. The van der Waals surface area contributed by atoms with Gasteiger partial charge in [-0.15, -0.1) is 5.12 Å². The smallest absolute Gasteiger partial charge is 0.244 e. The van der Waals surface area contributed by atoms with Crippen LogP contribution in [0.3, 0.4) is 0 Å². The van der Waals surface area contributed by atoms with Crippen molar-refractivity contribution in [2.45, 2.75) is 70.8 Å². The molecule has 5 nitrogen and oxygen atoms in total. The van der Waals surface area contributed by atoms with Gasteiger partial charge in [0.2, 0.25) is 5.91 Å². The number of hydrogen-bond acceptors (Lipinski definition) is 4. The monoisotopic (exact) mass is 390 g/mol. The van der Waals surface area contributed by atoms with E-state index in [1.807, 2.05) is 5.12 Å². The van der Waals surface area contributed by atoms with Crippen molar-refractivity contribution in [1.29, 1.82) is 0 Å². The standard InChI is InChI=1S/C24H30N4O/c1-17-14-24(29)26(22-12-10-18-6-2-4-8-20(18)15-22)28(17)27(25)23-13-11-19-7-3-5-9-21(19)16-23/h10-13,15-17H,2-9,14,25H2,1H3. The maximum atomic E-state index is 12.9. The molecule has 3 aliphatic rings. The first kappa shape index (κ1) is 18.6. The Hall–Kier alpha value is -2.37. The number of amides is 1. The van der Waals surface area contributed by atoms with Crippen LogP contribution in [-0.2, 0) is 30.5 Å². The summed E-state index contributed by atoms with van der Waals surface area (Å²) < 4.78 is 0. The quantitative estimate of drug-likeness (QED) is 0.634. The van der Waals surface area contributed by atoms with Gasteiger partial charge in [0.25, 0.3) is 0 Å². The van der Waals surface area contributed by atoms with Gasteiger partial charge in [-0.25, -0.2) is 16.0 Å². The van der Waals surface area contributed by atoms with E-state index in [4.69, 9.17) is 5.84 Å². The average molecular weight is 391 g/mol. The van der Waals surface area contributed by atoms with Gasteiger partial charge < -0.3 is 0 Å². The molecule has 0 spiro atoms. The second-order valence-electron chi connectivity index (χ2n) is 8.74. The molecule has 0 saturated carbocycles. The number of carbonyl (C=O) groups is 1. The van der Waals surface area contributed by atoms with Crippen molar-refractivity contribution in [1.82, 2.24) is 5.12 Å². The number of hydrogen-bond donors (Lipinski definition) is 1. The molecule has 2 N–H and O–H groups in total. The number of benzene rings is 2. The molecule has 1 fully saturated rings. The lowest BCUT2D eigenvalue weighted by Crippen LogP contribution is -2.57. The van der Waals surface area contributed by atoms with Gasteiger partial charge in [0.1, 0.15) is 0 Å². The van der Waals surface area contributed by atoms with E-state index in [1.165, 1.54) is 47.9 Å². The summed E-state index contributed by atoms with van der Waals surface area (Å²) >= 11 is 0. The van der Waals surface area contributed by atoms with E-state index in [-0.39, 0.29) is 11.9 Å². The Morgan fingerprint density at radius 3 is 2.14 bits per heavy atom. The van der Waals surface area contributed by atoms with Crippen molar-refractivity contribution >= 4 is 17.3 Å². The van der Waals surface area contributed by atoms with Crippen LogP contribution in [0.1, 0.15) is 61.3 Å². The molecule has 0 bridgehead atoms. The zero-order valence-corrected chi connectivity index (χ0v) is 17.2. The minimum Gasteiger partial charge on any atom is -0.273 e. The predicted molar refractivity (Wildman–Crippen MR) is 116 cm³/mol. The highest BCUT2D eigenvalue weighted by molar-refractivity contribution is 5.95. The molecular weight excluding hydrogens is 360 g/mol. The third kappa shape index (κ3) is 3.32. The Morgan fingerprint density at radius 1 is 0.862 bits per heavy atom. The van der Waals surface area contributed by atoms with Gasteiger partial charge in [-0.2, -0.15) is 0 Å². The zero-order chi connectivity index (χ0) is 20.0. The number of carbonyl (C=O) groups excluding carboxylic acids is 1. The summed E-state index contributed by atoms with van der Waals surface area (Å²) in [5.74, 6) is 6.72. The maximum Gasteiger partial charge on any atom is 0.244 e. The number of nitrogens with zero attached hydrogens (tertiary/aromatic N) is 3. The Bertz CT molecular complexity index is 940. The molecule has 1 amide bonds. The molecule has 1 heterocycles. The second kappa shape index (κ2) is 7.47. The summed E-state index contributed by atoms with van der Waals surface area (Å²) in [7, 11) is 0. The SMILES string of the molecule is CC1CC(=O)N(c2ccc3c(c2)CCCC3)N1N(N)c1ccc2c(c1)CCCC2. The van der Waals surface area contributed by atoms with Gasteiger partial charge in [-0.3, -0.25) is 4.79 Å². The largest absolute Gasteiger partial charge is 0.273 e. The van der Waals surface area contributed by atoms with Crippen LogP contribution >= 0.6 is 0 Å². The first-order valence-corrected chi connectivity index (χ1v) is 11.0. The summed E-state index contributed by atoms with van der Waals surface area (Å²) in [5, 5.41) is 5.38. The van der Waals surface area contributed by atoms with Gasteiger partial charge in [0, 0.05) is 6.42 Å². The molecule has 0 radical (unpaired) electrons. The number of anilines is 2. The normalized spacial score (nSPS) is 21.8. The summed E-state index contributed by atoms with van der Waals surface area (Å²) in [5.41, 5.74) is 7.49. The molecule has 5 heteroatoms.